The van der Waals surface area contributed by atoms with E-state index in [2.05, 4.69) is 46.4 Å². The molecule has 0 saturated heterocycles. The van der Waals surface area contributed by atoms with Gasteiger partial charge in [0.15, 0.2) is 0 Å². The molecular weight excluding hydrogens is 725 g/mol. The fourth-order valence-corrected chi connectivity index (χ4v) is 8.16. The van der Waals surface area contributed by atoms with Crippen LogP contribution in [0.5, 0.6) is 11.5 Å². The fourth-order valence-electron chi connectivity index (χ4n) is 8.16. The van der Waals surface area contributed by atoms with Crippen LogP contribution in [0.2, 0.25) is 0 Å². The summed E-state index contributed by atoms with van der Waals surface area (Å²) < 4.78 is 25.1. The van der Waals surface area contributed by atoms with Crippen LogP contribution in [-0.2, 0) is 26.1 Å². The zero-order valence-electron chi connectivity index (χ0n) is 32.4. The highest BCUT2D eigenvalue weighted by molar-refractivity contribution is 5.46. The van der Waals surface area contributed by atoms with Crippen molar-refractivity contribution >= 4 is 0 Å². The lowest BCUT2D eigenvalue weighted by Crippen LogP contribution is -2.31. The average Bonchev–Trinajstić information content (AvgIpc) is 3.30. The average molecular weight is 771 g/mol. The first-order valence-corrected chi connectivity index (χ1v) is 19.8. The Labute approximate surface area is 340 Å². The van der Waals surface area contributed by atoms with Crippen molar-refractivity contribution in [1.82, 2.24) is 0 Å². The van der Waals surface area contributed by atoms with E-state index >= 15 is 0 Å². The smallest absolute Gasteiger partial charge is 0.344 e. The SMILES string of the molecule is [O-][N+]#CC(OCCOc1ccc(C2(c3ccc(OCCOC(C#[N+][O-])(c4ccccc4)c4ccccc4)cc3)CCCCC2)cc1)(c1ccccc1)c1ccccc1. The molecule has 1 aliphatic rings. The van der Waals surface area contributed by atoms with E-state index in [0.717, 1.165) is 59.4 Å². The Bertz CT molecular complexity index is 2050. The highest BCUT2D eigenvalue weighted by Gasteiger charge is 2.42. The van der Waals surface area contributed by atoms with Crippen molar-refractivity contribution in [2.24, 2.45) is 0 Å². The number of benzene rings is 6. The molecule has 1 saturated carbocycles. The first kappa shape index (κ1) is 39.6. The Morgan fingerprint density at radius 3 is 1.07 bits per heavy atom. The molecule has 0 bridgehead atoms. The molecule has 0 N–H and O–H groups in total. The van der Waals surface area contributed by atoms with Gasteiger partial charge in [-0.25, -0.2) is 0 Å². The van der Waals surface area contributed by atoms with Crippen molar-refractivity contribution in [1.29, 1.82) is 0 Å². The lowest BCUT2D eigenvalue weighted by Gasteiger charge is -2.38. The van der Waals surface area contributed by atoms with Gasteiger partial charge in [-0.3, -0.25) is 0 Å². The minimum Gasteiger partial charge on any atom is -0.498 e. The number of hydrogen-bond donors (Lipinski definition) is 0. The van der Waals surface area contributed by atoms with Crippen LogP contribution < -0.4 is 9.47 Å². The Hall–Kier alpha value is -6.58. The molecule has 0 spiro atoms. The summed E-state index contributed by atoms with van der Waals surface area (Å²) in [6.07, 6.45) is 5.61. The molecule has 8 heteroatoms. The zero-order chi connectivity index (χ0) is 39.9. The third-order valence-corrected chi connectivity index (χ3v) is 11.0. The van der Waals surface area contributed by atoms with E-state index in [9.17, 15) is 10.4 Å². The van der Waals surface area contributed by atoms with Gasteiger partial charge in [0.25, 0.3) is 11.2 Å². The molecule has 0 unspecified atom stereocenters. The maximum atomic E-state index is 11.6. The third-order valence-electron chi connectivity index (χ3n) is 11.0. The van der Waals surface area contributed by atoms with E-state index in [1.54, 1.807) is 0 Å². The van der Waals surface area contributed by atoms with Gasteiger partial charge in [0.1, 0.15) is 24.7 Å². The summed E-state index contributed by atoms with van der Waals surface area (Å²) in [5, 5.41) is 29.3. The largest absolute Gasteiger partial charge is 0.498 e. The van der Waals surface area contributed by atoms with Gasteiger partial charge in [-0.1, -0.05) is 165 Å². The Kier molecular flexibility index (Phi) is 13.0. The predicted octanol–water partition coefficient (Wildman–Crippen LogP) is 11.3. The highest BCUT2D eigenvalue weighted by Crippen LogP contribution is 2.46. The summed E-state index contributed by atoms with van der Waals surface area (Å²) in [6.45, 7) is 0.935. The van der Waals surface area contributed by atoms with Gasteiger partial charge >= 0.3 is 12.1 Å². The van der Waals surface area contributed by atoms with Crippen molar-refractivity contribution in [2.75, 3.05) is 26.4 Å². The minimum absolute atomic E-state index is 0.127. The van der Waals surface area contributed by atoms with Gasteiger partial charge in [0, 0.05) is 37.7 Å². The monoisotopic (exact) mass is 770 g/mol. The molecule has 1 fully saturated rings. The van der Waals surface area contributed by atoms with Gasteiger partial charge in [-0.2, -0.15) is 0 Å². The normalized spacial score (nSPS) is 13.6. The molecule has 7 rings (SSSR count). The molecule has 0 aliphatic heterocycles. The molecule has 6 aromatic rings. The molecule has 0 amide bonds. The van der Waals surface area contributed by atoms with E-state index in [1.165, 1.54) is 17.5 Å². The molecule has 58 heavy (non-hydrogen) atoms. The van der Waals surface area contributed by atoms with E-state index < -0.39 is 11.2 Å². The first-order chi connectivity index (χ1) is 28.6. The second-order valence-electron chi connectivity index (χ2n) is 14.3. The molecule has 0 atom stereocenters. The molecular formula is C50H46N2O6. The van der Waals surface area contributed by atoms with Crippen LogP contribution in [0, 0.1) is 22.6 Å². The van der Waals surface area contributed by atoms with Crippen LogP contribution in [0.15, 0.2) is 170 Å². The predicted molar refractivity (Wildman–Crippen MR) is 228 cm³/mol. The molecule has 0 aromatic heterocycles. The lowest BCUT2D eigenvalue weighted by molar-refractivity contribution is 0.00927. The summed E-state index contributed by atoms with van der Waals surface area (Å²) in [4.78, 5) is 0. The van der Waals surface area contributed by atoms with Gasteiger partial charge in [0.2, 0.25) is 0 Å². The van der Waals surface area contributed by atoms with Gasteiger partial charge in [-0.05, 0) is 48.2 Å². The Morgan fingerprint density at radius 2 is 0.759 bits per heavy atom. The van der Waals surface area contributed by atoms with Crippen LogP contribution >= 0.6 is 0 Å². The van der Waals surface area contributed by atoms with Crippen LogP contribution in [0.4, 0.5) is 0 Å². The van der Waals surface area contributed by atoms with Crippen LogP contribution in [0.25, 0.3) is 10.0 Å². The number of hydrogen-bond acceptors (Lipinski definition) is 6. The summed E-state index contributed by atoms with van der Waals surface area (Å²) in [5.74, 6) is 1.47. The van der Waals surface area contributed by atoms with Gasteiger partial charge in [0.05, 0.1) is 13.2 Å². The van der Waals surface area contributed by atoms with Crippen LogP contribution in [0.3, 0.4) is 0 Å². The molecule has 1 aliphatic carbocycles. The second-order valence-corrected chi connectivity index (χ2v) is 14.3. The maximum absolute atomic E-state index is 11.6. The van der Waals surface area contributed by atoms with Crippen molar-refractivity contribution < 1.29 is 18.9 Å². The fraction of sp³-hybridized carbons (Fsp3) is 0.240. The summed E-state index contributed by atoms with van der Waals surface area (Å²) in [7, 11) is 0. The number of rotatable bonds is 16. The minimum atomic E-state index is -1.26. The number of ether oxygens (including phenoxy) is 4. The van der Waals surface area contributed by atoms with Crippen molar-refractivity contribution in [3.8, 4) is 23.6 Å². The second kappa shape index (κ2) is 19.0. The molecule has 292 valence electrons. The van der Waals surface area contributed by atoms with Crippen molar-refractivity contribution in [3.05, 3.63) is 224 Å². The van der Waals surface area contributed by atoms with E-state index in [4.69, 9.17) is 18.9 Å². The third kappa shape index (κ3) is 8.70. The van der Waals surface area contributed by atoms with Crippen LogP contribution in [0.1, 0.15) is 65.5 Å². The van der Waals surface area contributed by atoms with Gasteiger partial charge < -0.3 is 29.4 Å². The lowest BCUT2D eigenvalue weighted by atomic mass is 9.65. The molecule has 6 aromatic carbocycles. The summed E-state index contributed by atoms with van der Waals surface area (Å²) in [5.41, 5.74) is 2.88. The van der Waals surface area contributed by atoms with E-state index in [1.807, 2.05) is 146 Å². The van der Waals surface area contributed by atoms with Crippen LogP contribution in [-0.4, -0.2) is 26.4 Å². The molecule has 0 heterocycles. The van der Waals surface area contributed by atoms with E-state index in [0.29, 0.717) is 0 Å². The van der Waals surface area contributed by atoms with Crippen molar-refractivity contribution in [3.63, 3.8) is 0 Å². The Balaban J connectivity index is 0.995. The molecule has 0 radical (unpaired) electrons. The van der Waals surface area contributed by atoms with Gasteiger partial charge in [-0.15, -0.1) is 0 Å². The zero-order valence-corrected chi connectivity index (χ0v) is 32.4. The molecule has 8 nitrogen and oxygen atoms in total. The van der Waals surface area contributed by atoms with Crippen molar-refractivity contribution in [2.45, 2.75) is 48.7 Å². The standard InChI is InChI=1S/C50H46N2O6/c53-51-38-49(42-16-6-1-7-17-42,43-18-8-2-9-19-43)57-36-34-55-46-28-24-40(25-29-46)48(32-14-5-15-33-48)41-26-30-47(31-27-41)56-35-37-58-50(39-52-54,44-20-10-3-11-21-44)45-22-12-4-13-23-45/h1-4,6-13,16-31H,5,14-15,32-37H2. The highest BCUT2D eigenvalue weighted by atomic mass is 16.5. The summed E-state index contributed by atoms with van der Waals surface area (Å²) in [6, 6.07) is 60.2. The summed E-state index contributed by atoms with van der Waals surface area (Å²) >= 11 is 0. The number of nitrogens with zero attached hydrogens (tertiary/aromatic N) is 2. The Morgan fingerprint density at radius 1 is 0.431 bits per heavy atom. The first-order valence-electron chi connectivity index (χ1n) is 19.8. The topological polar surface area (TPSA) is 91.8 Å². The quantitative estimate of drug-likeness (QED) is 0.0719. The maximum Gasteiger partial charge on any atom is 0.344 e. The van der Waals surface area contributed by atoms with E-state index in [-0.39, 0.29) is 31.8 Å².